The number of ether oxygens (including phenoxy) is 1. The van der Waals surface area contributed by atoms with E-state index in [0.29, 0.717) is 13.2 Å². The fourth-order valence-corrected chi connectivity index (χ4v) is 1.01. The normalized spacial score (nSPS) is 10.1. The monoisotopic (exact) mass is 172 g/mol. The quantitative estimate of drug-likeness (QED) is 0.426. The minimum atomic E-state index is 0.326. The summed E-state index contributed by atoms with van der Waals surface area (Å²) in [6, 6.07) is 0. The van der Waals surface area contributed by atoms with Crippen molar-refractivity contribution >= 4 is 0 Å². The van der Waals surface area contributed by atoms with Crippen LogP contribution in [0.15, 0.2) is 12.7 Å². The molecule has 0 radical (unpaired) electrons. The van der Waals surface area contributed by atoms with Crippen molar-refractivity contribution in [2.24, 2.45) is 0 Å². The zero-order valence-electron chi connectivity index (χ0n) is 7.80. The van der Waals surface area contributed by atoms with Gasteiger partial charge in [-0.1, -0.05) is 25.3 Å². The lowest BCUT2D eigenvalue weighted by Gasteiger charge is -2.00. The second kappa shape index (κ2) is 10.7. The maximum atomic E-state index is 8.50. The molecule has 0 spiro atoms. The highest BCUT2D eigenvalue weighted by atomic mass is 16.5. The van der Waals surface area contributed by atoms with Gasteiger partial charge in [0.05, 0.1) is 6.61 Å². The summed E-state index contributed by atoms with van der Waals surface area (Å²) in [5.74, 6) is 0. The Kier molecular flexibility index (Phi) is 10.4. The Hall–Kier alpha value is -0.340. The molecular formula is C10H20O2. The van der Waals surface area contributed by atoms with Crippen LogP contribution in [0.3, 0.4) is 0 Å². The molecule has 0 aromatic carbocycles. The highest BCUT2D eigenvalue weighted by Gasteiger charge is 1.89. The van der Waals surface area contributed by atoms with Gasteiger partial charge >= 0.3 is 0 Å². The van der Waals surface area contributed by atoms with Gasteiger partial charge in [0.2, 0.25) is 0 Å². The molecule has 0 aromatic heterocycles. The largest absolute Gasteiger partial charge is 0.396 e. The van der Waals surface area contributed by atoms with E-state index in [1.807, 2.05) is 0 Å². The molecular weight excluding hydrogens is 152 g/mol. The van der Waals surface area contributed by atoms with Crippen molar-refractivity contribution in [3.8, 4) is 0 Å². The third-order valence-electron chi connectivity index (χ3n) is 1.68. The van der Waals surface area contributed by atoms with Gasteiger partial charge in [-0.25, -0.2) is 0 Å². The Morgan fingerprint density at radius 3 is 2.42 bits per heavy atom. The molecule has 72 valence electrons. The molecule has 0 bridgehead atoms. The number of unbranched alkanes of at least 4 members (excludes halogenated alkanes) is 4. The van der Waals surface area contributed by atoms with Gasteiger partial charge in [-0.3, -0.25) is 0 Å². The van der Waals surface area contributed by atoms with E-state index in [1.54, 1.807) is 6.08 Å². The first-order chi connectivity index (χ1) is 5.91. The fraction of sp³-hybridized carbons (Fsp3) is 0.800. The maximum Gasteiger partial charge on any atom is 0.0644 e. The van der Waals surface area contributed by atoms with Crippen LogP contribution in [0.1, 0.15) is 32.1 Å². The van der Waals surface area contributed by atoms with Crippen LogP contribution in [0.2, 0.25) is 0 Å². The Labute approximate surface area is 75.2 Å². The lowest BCUT2D eigenvalue weighted by molar-refractivity contribution is 0.157. The molecule has 0 fully saturated rings. The summed E-state index contributed by atoms with van der Waals surface area (Å²) in [5, 5.41) is 8.50. The van der Waals surface area contributed by atoms with Crippen LogP contribution < -0.4 is 0 Å². The Bertz CT molecular complexity index is 91.8. The molecule has 0 heterocycles. The van der Waals surface area contributed by atoms with E-state index in [0.717, 1.165) is 25.9 Å². The third-order valence-corrected chi connectivity index (χ3v) is 1.68. The van der Waals surface area contributed by atoms with Gasteiger partial charge in [-0.05, 0) is 12.8 Å². The Morgan fingerprint density at radius 2 is 1.75 bits per heavy atom. The number of hydrogen-bond donors (Lipinski definition) is 1. The van der Waals surface area contributed by atoms with Gasteiger partial charge < -0.3 is 9.84 Å². The second-order valence-electron chi connectivity index (χ2n) is 2.85. The van der Waals surface area contributed by atoms with Crippen LogP contribution in [0.25, 0.3) is 0 Å². The molecule has 12 heavy (non-hydrogen) atoms. The van der Waals surface area contributed by atoms with Gasteiger partial charge in [-0.2, -0.15) is 0 Å². The number of aliphatic hydroxyl groups is 1. The standard InChI is InChI=1S/C10H20O2/c1-2-9-12-10-7-5-3-4-6-8-11/h2,11H,1,3-10H2. The summed E-state index contributed by atoms with van der Waals surface area (Å²) in [6.45, 7) is 5.39. The van der Waals surface area contributed by atoms with Crippen LogP contribution in [-0.2, 0) is 4.74 Å². The molecule has 0 aliphatic heterocycles. The van der Waals surface area contributed by atoms with Gasteiger partial charge in [0.15, 0.2) is 0 Å². The van der Waals surface area contributed by atoms with E-state index >= 15 is 0 Å². The number of rotatable bonds is 9. The van der Waals surface area contributed by atoms with E-state index in [1.165, 1.54) is 12.8 Å². The summed E-state index contributed by atoms with van der Waals surface area (Å²) in [6.07, 6.45) is 7.38. The third kappa shape index (κ3) is 9.66. The van der Waals surface area contributed by atoms with E-state index in [-0.39, 0.29) is 0 Å². The molecule has 0 unspecified atom stereocenters. The van der Waals surface area contributed by atoms with Crippen molar-refractivity contribution < 1.29 is 9.84 Å². The maximum absolute atomic E-state index is 8.50. The van der Waals surface area contributed by atoms with Gasteiger partial charge in [-0.15, -0.1) is 6.58 Å². The van der Waals surface area contributed by atoms with E-state index in [4.69, 9.17) is 9.84 Å². The van der Waals surface area contributed by atoms with Crippen LogP contribution in [0.5, 0.6) is 0 Å². The lowest BCUT2D eigenvalue weighted by atomic mass is 10.1. The molecule has 0 rings (SSSR count). The SMILES string of the molecule is C=CCOCCCCCCCO. The van der Waals surface area contributed by atoms with E-state index in [2.05, 4.69) is 6.58 Å². The zero-order valence-corrected chi connectivity index (χ0v) is 7.80. The molecule has 2 nitrogen and oxygen atoms in total. The topological polar surface area (TPSA) is 29.5 Å². The van der Waals surface area contributed by atoms with Crippen LogP contribution in [0.4, 0.5) is 0 Å². The molecule has 0 aliphatic rings. The van der Waals surface area contributed by atoms with Crippen LogP contribution in [-0.4, -0.2) is 24.9 Å². The summed E-state index contributed by atoms with van der Waals surface area (Å²) in [7, 11) is 0. The second-order valence-corrected chi connectivity index (χ2v) is 2.85. The first-order valence-corrected chi connectivity index (χ1v) is 4.71. The first kappa shape index (κ1) is 11.7. The molecule has 0 aromatic rings. The zero-order chi connectivity index (χ0) is 9.07. The highest BCUT2D eigenvalue weighted by Crippen LogP contribution is 2.02. The van der Waals surface area contributed by atoms with Crippen LogP contribution >= 0.6 is 0 Å². The van der Waals surface area contributed by atoms with Gasteiger partial charge in [0, 0.05) is 13.2 Å². The summed E-state index contributed by atoms with van der Waals surface area (Å²) in [4.78, 5) is 0. The predicted octanol–water partition coefficient (Wildman–Crippen LogP) is 2.13. The number of aliphatic hydroxyl groups excluding tert-OH is 1. The van der Waals surface area contributed by atoms with Gasteiger partial charge in [0.25, 0.3) is 0 Å². The molecule has 1 N–H and O–H groups in total. The van der Waals surface area contributed by atoms with Crippen molar-refractivity contribution in [3.63, 3.8) is 0 Å². The van der Waals surface area contributed by atoms with Crippen molar-refractivity contribution in [1.29, 1.82) is 0 Å². The van der Waals surface area contributed by atoms with Crippen LogP contribution in [0, 0.1) is 0 Å². The van der Waals surface area contributed by atoms with Crippen molar-refractivity contribution in [2.75, 3.05) is 19.8 Å². The predicted molar refractivity (Wildman–Crippen MR) is 51.2 cm³/mol. The minimum absolute atomic E-state index is 0.326. The average molecular weight is 172 g/mol. The summed E-state index contributed by atoms with van der Waals surface area (Å²) < 4.78 is 5.22. The molecule has 0 atom stereocenters. The Balaban J connectivity index is 2.77. The van der Waals surface area contributed by atoms with E-state index < -0.39 is 0 Å². The molecule has 0 aliphatic carbocycles. The van der Waals surface area contributed by atoms with E-state index in [9.17, 15) is 0 Å². The van der Waals surface area contributed by atoms with Gasteiger partial charge in [0.1, 0.15) is 0 Å². The number of hydrogen-bond acceptors (Lipinski definition) is 2. The molecule has 0 saturated heterocycles. The first-order valence-electron chi connectivity index (χ1n) is 4.71. The molecule has 0 saturated carbocycles. The average Bonchev–Trinajstić information content (AvgIpc) is 2.10. The van der Waals surface area contributed by atoms with Crippen molar-refractivity contribution in [2.45, 2.75) is 32.1 Å². The summed E-state index contributed by atoms with van der Waals surface area (Å²) >= 11 is 0. The molecule has 0 amide bonds. The lowest BCUT2D eigenvalue weighted by Crippen LogP contribution is -1.94. The van der Waals surface area contributed by atoms with Crippen molar-refractivity contribution in [1.82, 2.24) is 0 Å². The molecule has 2 heteroatoms. The minimum Gasteiger partial charge on any atom is -0.396 e. The fourth-order valence-electron chi connectivity index (χ4n) is 1.01. The Morgan fingerprint density at radius 1 is 1.08 bits per heavy atom. The summed E-state index contributed by atoms with van der Waals surface area (Å²) in [5.41, 5.74) is 0. The highest BCUT2D eigenvalue weighted by molar-refractivity contribution is 4.63. The smallest absolute Gasteiger partial charge is 0.0644 e. The van der Waals surface area contributed by atoms with Crippen molar-refractivity contribution in [3.05, 3.63) is 12.7 Å².